The van der Waals surface area contributed by atoms with Crippen molar-refractivity contribution in [2.45, 2.75) is 0 Å². The predicted octanol–water partition coefficient (Wildman–Crippen LogP) is 0.722. The van der Waals surface area contributed by atoms with Gasteiger partial charge < -0.3 is 4.98 Å². The van der Waals surface area contributed by atoms with Crippen LogP contribution < -0.4 is 16.8 Å². The second kappa shape index (κ2) is 5.03. The number of nitriles is 1. The van der Waals surface area contributed by atoms with Crippen molar-refractivity contribution in [3.63, 3.8) is 0 Å². The van der Waals surface area contributed by atoms with E-state index in [1.165, 1.54) is 0 Å². The normalized spacial score (nSPS) is 10.7. The van der Waals surface area contributed by atoms with E-state index < -0.39 is 34.0 Å². The van der Waals surface area contributed by atoms with Crippen LogP contribution in [0.2, 0.25) is 0 Å². The van der Waals surface area contributed by atoms with E-state index in [-0.39, 0.29) is 22.2 Å². The summed E-state index contributed by atoms with van der Waals surface area (Å²) < 4.78 is 26.6. The van der Waals surface area contributed by atoms with E-state index in [4.69, 9.17) is 5.26 Å². The van der Waals surface area contributed by atoms with Gasteiger partial charge in [0.1, 0.15) is 17.3 Å². The van der Waals surface area contributed by atoms with Gasteiger partial charge in [0.2, 0.25) is 0 Å². The molecule has 0 aliphatic heterocycles. The molecule has 2 heterocycles. The number of hydrogen-bond donors (Lipinski definition) is 3. The van der Waals surface area contributed by atoms with Gasteiger partial charge in [0.05, 0.1) is 5.39 Å². The van der Waals surface area contributed by atoms with Crippen molar-refractivity contribution < 1.29 is 8.78 Å². The molecule has 0 aliphatic rings. The Bertz CT molecular complexity index is 1170. The van der Waals surface area contributed by atoms with Crippen LogP contribution in [0.3, 0.4) is 0 Å². The number of rotatable bonds is 1. The van der Waals surface area contributed by atoms with Crippen molar-refractivity contribution in [1.82, 2.24) is 15.0 Å². The van der Waals surface area contributed by atoms with E-state index in [1.54, 1.807) is 6.07 Å². The Morgan fingerprint density at radius 1 is 0.957 bits per heavy atom. The number of benzene rings is 1. The molecule has 0 saturated carbocycles. The summed E-state index contributed by atoms with van der Waals surface area (Å²) in [5.41, 5.74) is -3.53. The van der Waals surface area contributed by atoms with Crippen LogP contribution in [0.1, 0.15) is 5.56 Å². The topological polar surface area (TPSA) is 122 Å². The van der Waals surface area contributed by atoms with E-state index in [1.807, 2.05) is 4.98 Å². The monoisotopic (exact) mass is 316 g/mol. The summed E-state index contributed by atoms with van der Waals surface area (Å²) in [5, 5.41) is 8.95. The third-order valence-corrected chi connectivity index (χ3v) is 3.23. The average Bonchev–Trinajstić information content (AvgIpc) is 2.48. The lowest BCUT2D eigenvalue weighted by molar-refractivity contribution is 0.509. The Morgan fingerprint density at radius 3 is 2.35 bits per heavy atom. The van der Waals surface area contributed by atoms with Gasteiger partial charge in [-0.05, 0) is 17.7 Å². The number of aromatic nitrogens is 3. The fraction of sp³-hybridized carbons (Fsp3) is 0. The van der Waals surface area contributed by atoms with Gasteiger partial charge in [-0.3, -0.25) is 19.6 Å². The molecule has 0 saturated heterocycles. The zero-order valence-corrected chi connectivity index (χ0v) is 11.2. The molecule has 1 aromatic carbocycles. The van der Waals surface area contributed by atoms with Crippen molar-refractivity contribution in [3.8, 4) is 17.2 Å². The molecule has 23 heavy (non-hydrogen) atoms. The number of nitrogens with zero attached hydrogens (tertiary/aromatic N) is 1. The smallest absolute Gasteiger partial charge is 0.307 e. The molecule has 2 aromatic heterocycles. The van der Waals surface area contributed by atoms with E-state index in [2.05, 4.69) is 9.97 Å². The van der Waals surface area contributed by atoms with Gasteiger partial charge in [-0.25, -0.2) is 13.6 Å². The van der Waals surface area contributed by atoms with E-state index in [0.717, 1.165) is 18.2 Å². The first kappa shape index (κ1) is 14.4. The quantitative estimate of drug-likeness (QED) is 0.612. The van der Waals surface area contributed by atoms with Gasteiger partial charge in [-0.2, -0.15) is 5.26 Å². The molecule has 0 unspecified atom stereocenters. The van der Waals surface area contributed by atoms with Crippen molar-refractivity contribution in [2.24, 2.45) is 0 Å². The lowest BCUT2D eigenvalue weighted by atomic mass is 9.98. The molecule has 3 rings (SSSR count). The maximum absolute atomic E-state index is 13.5. The van der Waals surface area contributed by atoms with Gasteiger partial charge in [0.25, 0.3) is 11.1 Å². The number of halogens is 2. The third-order valence-electron chi connectivity index (χ3n) is 3.23. The molecular weight excluding hydrogens is 310 g/mol. The zero-order chi connectivity index (χ0) is 16.7. The van der Waals surface area contributed by atoms with Crippen molar-refractivity contribution in [2.75, 3.05) is 0 Å². The molecule has 0 bridgehead atoms. The molecule has 0 atom stereocenters. The Kier molecular flexibility index (Phi) is 3.15. The molecule has 9 heteroatoms. The minimum absolute atomic E-state index is 0.0471. The van der Waals surface area contributed by atoms with Crippen LogP contribution in [0.5, 0.6) is 0 Å². The fourth-order valence-electron chi connectivity index (χ4n) is 2.28. The van der Waals surface area contributed by atoms with Crippen LogP contribution in [0, 0.1) is 23.0 Å². The molecule has 0 spiro atoms. The van der Waals surface area contributed by atoms with Gasteiger partial charge in [0, 0.05) is 5.56 Å². The lowest BCUT2D eigenvalue weighted by Crippen LogP contribution is -2.26. The van der Waals surface area contributed by atoms with Crippen LogP contribution in [0.25, 0.3) is 22.2 Å². The van der Waals surface area contributed by atoms with Crippen LogP contribution in [-0.2, 0) is 0 Å². The van der Waals surface area contributed by atoms with Gasteiger partial charge >= 0.3 is 5.69 Å². The van der Waals surface area contributed by atoms with Crippen molar-refractivity contribution >= 4 is 11.0 Å². The van der Waals surface area contributed by atoms with Crippen LogP contribution in [0.4, 0.5) is 8.78 Å². The Labute approximate surface area is 124 Å². The van der Waals surface area contributed by atoms with Gasteiger partial charge in [0.15, 0.2) is 11.6 Å². The minimum atomic E-state index is -1.21. The van der Waals surface area contributed by atoms with Crippen LogP contribution in [0.15, 0.2) is 32.6 Å². The summed E-state index contributed by atoms with van der Waals surface area (Å²) in [7, 11) is 0. The number of hydrogen-bond acceptors (Lipinski definition) is 4. The molecule has 114 valence electrons. The van der Waals surface area contributed by atoms with E-state index in [0.29, 0.717) is 0 Å². The number of aromatic amines is 3. The van der Waals surface area contributed by atoms with E-state index in [9.17, 15) is 23.2 Å². The minimum Gasteiger partial charge on any atom is -0.307 e. The third kappa shape index (κ3) is 2.22. The summed E-state index contributed by atoms with van der Waals surface area (Å²) in [6.07, 6.45) is 0. The number of H-pyrrole nitrogens is 3. The maximum atomic E-state index is 13.5. The Hall–Kier alpha value is -3.54. The molecule has 7 nitrogen and oxygen atoms in total. The molecular formula is C14H6F2N4O3. The molecule has 0 aliphatic carbocycles. The largest absolute Gasteiger partial charge is 0.327 e. The average molecular weight is 316 g/mol. The van der Waals surface area contributed by atoms with Crippen LogP contribution >= 0.6 is 0 Å². The van der Waals surface area contributed by atoms with Gasteiger partial charge in [-0.15, -0.1) is 0 Å². The lowest BCUT2D eigenvalue weighted by Gasteiger charge is -2.08. The maximum Gasteiger partial charge on any atom is 0.327 e. The standard InChI is InChI=1S/C14H6F2N4O3/c15-7-2-1-5(3-8(7)16)9-6(4-17)12(21)18-11-10(9)13(22)20-14(23)19-11/h1-3H,(H3,18,19,20,21,22,23). The fourth-order valence-corrected chi connectivity index (χ4v) is 2.28. The van der Waals surface area contributed by atoms with E-state index >= 15 is 0 Å². The number of pyridine rings is 1. The highest BCUT2D eigenvalue weighted by atomic mass is 19.2. The summed E-state index contributed by atoms with van der Waals surface area (Å²) >= 11 is 0. The highest BCUT2D eigenvalue weighted by Gasteiger charge is 2.19. The molecule has 3 N–H and O–H groups in total. The van der Waals surface area contributed by atoms with Gasteiger partial charge in [-0.1, -0.05) is 6.07 Å². The second-order valence-corrected chi connectivity index (χ2v) is 4.60. The first-order valence-electron chi connectivity index (χ1n) is 6.20. The summed E-state index contributed by atoms with van der Waals surface area (Å²) in [6, 6.07) is 4.31. The Morgan fingerprint density at radius 2 is 1.70 bits per heavy atom. The first-order chi connectivity index (χ1) is 10.9. The number of nitrogens with one attached hydrogen (secondary N) is 3. The highest BCUT2D eigenvalue weighted by molar-refractivity contribution is 5.94. The highest BCUT2D eigenvalue weighted by Crippen LogP contribution is 2.27. The number of fused-ring (bicyclic) bond motifs is 1. The second-order valence-electron chi connectivity index (χ2n) is 4.60. The molecule has 0 amide bonds. The predicted molar refractivity (Wildman–Crippen MR) is 75.9 cm³/mol. The summed E-state index contributed by atoms with van der Waals surface area (Å²) in [4.78, 5) is 41.7. The Balaban J connectivity index is 2.59. The molecule has 3 aromatic rings. The zero-order valence-electron chi connectivity index (χ0n) is 11.2. The summed E-state index contributed by atoms with van der Waals surface area (Å²) in [6.45, 7) is 0. The SMILES string of the molecule is N#Cc1c(-c2ccc(F)c(F)c2)c2c(=O)[nH]c(=O)[nH]c2[nH]c1=O. The first-order valence-corrected chi connectivity index (χ1v) is 6.20. The van der Waals surface area contributed by atoms with Crippen molar-refractivity contribution in [3.05, 3.63) is 66.6 Å². The molecule has 0 radical (unpaired) electrons. The van der Waals surface area contributed by atoms with Crippen molar-refractivity contribution in [1.29, 1.82) is 5.26 Å². The molecule has 0 fully saturated rings. The van der Waals surface area contributed by atoms with Crippen LogP contribution in [-0.4, -0.2) is 15.0 Å². The summed E-state index contributed by atoms with van der Waals surface area (Å²) in [5.74, 6) is -2.33.